The van der Waals surface area contributed by atoms with E-state index in [-0.39, 0.29) is 36.6 Å². The van der Waals surface area contributed by atoms with Gasteiger partial charge in [0.2, 0.25) is 0 Å². The van der Waals surface area contributed by atoms with E-state index in [0.29, 0.717) is 0 Å². The smallest absolute Gasteiger partial charge is 0.358 e. The molecule has 0 aliphatic heterocycles. The molecule has 0 aliphatic carbocycles. The molecule has 0 saturated carbocycles. The van der Waals surface area contributed by atoms with Crippen LogP contribution in [0.1, 0.15) is 19.8 Å². The summed E-state index contributed by atoms with van der Waals surface area (Å²) in [6.07, 6.45) is 2.28. The van der Waals surface area contributed by atoms with Gasteiger partial charge in [-0.3, -0.25) is 0 Å². The van der Waals surface area contributed by atoms with Crippen molar-refractivity contribution >= 4 is 0 Å². The SMILES string of the molecule is [CH2-]CCC.[CH3-].[CH3-].[Ti+3]. The third kappa shape index (κ3) is 50.8. The first-order valence-corrected chi connectivity index (χ1v) is 1.71. The summed E-state index contributed by atoms with van der Waals surface area (Å²) in [4.78, 5) is 0. The van der Waals surface area contributed by atoms with Crippen molar-refractivity contribution in [3.8, 4) is 0 Å². The third-order valence-electron chi connectivity index (χ3n) is 0.354. The minimum atomic E-state index is 0. The maximum Gasteiger partial charge on any atom is 3.00 e. The fraction of sp³-hybridized carbons (Fsp3) is 0.500. The van der Waals surface area contributed by atoms with Gasteiger partial charge in [0.15, 0.2) is 0 Å². The number of rotatable bonds is 1. The van der Waals surface area contributed by atoms with E-state index >= 15 is 0 Å². The quantitative estimate of drug-likeness (QED) is 0.382. The van der Waals surface area contributed by atoms with Gasteiger partial charge < -0.3 is 21.8 Å². The van der Waals surface area contributed by atoms with E-state index in [1.165, 1.54) is 6.42 Å². The van der Waals surface area contributed by atoms with Crippen molar-refractivity contribution in [2.24, 2.45) is 0 Å². The molecule has 0 nitrogen and oxygen atoms in total. The summed E-state index contributed by atoms with van der Waals surface area (Å²) >= 11 is 0. The molecule has 0 unspecified atom stereocenters. The van der Waals surface area contributed by atoms with Crippen LogP contribution in [0, 0.1) is 21.8 Å². The summed E-state index contributed by atoms with van der Waals surface area (Å²) in [5.74, 6) is 0. The fourth-order valence-electron chi connectivity index (χ4n) is 0. The molecule has 0 saturated heterocycles. The van der Waals surface area contributed by atoms with Gasteiger partial charge in [0.05, 0.1) is 0 Å². The molecule has 0 fully saturated rings. The van der Waals surface area contributed by atoms with Crippen LogP contribution in [0.15, 0.2) is 0 Å². The Morgan fingerprint density at radius 3 is 1.43 bits per heavy atom. The molecule has 43 valence electrons. The monoisotopic (exact) mass is 135 g/mol. The first-order valence-electron chi connectivity index (χ1n) is 1.71. The predicted molar refractivity (Wildman–Crippen MR) is 33.1 cm³/mol. The van der Waals surface area contributed by atoms with Crippen LogP contribution < -0.4 is 0 Å². The zero-order valence-electron chi connectivity index (χ0n) is 5.62. The van der Waals surface area contributed by atoms with Crippen LogP contribution in [0.3, 0.4) is 0 Å². The molecule has 1 radical (unpaired) electrons. The molecule has 0 heterocycles. The summed E-state index contributed by atoms with van der Waals surface area (Å²) in [6, 6.07) is 0. The van der Waals surface area contributed by atoms with Crippen molar-refractivity contribution < 1.29 is 21.7 Å². The van der Waals surface area contributed by atoms with E-state index < -0.39 is 0 Å². The van der Waals surface area contributed by atoms with Crippen LogP contribution in [-0.2, 0) is 21.7 Å². The van der Waals surface area contributed by atoms with Crippen LogP contribution in [0.2, 0.25) is 0 Å². The normalized spacial score (nSPS) is 4.29. The molecule has 0 rings (SSSR count). The Morgan fingerprint density at radius 1 is 1.29 bits per heavy atom. The Balaban J connectivity index is -0.0000000150. The second-order valence-corrected chi connectivity index (χ2v) is 0.854. The molecule has 0 amide bonds. The largest absolute Gasteiger partial charge is 3.00 e. The zero-order valence-corrected chi connectivity index (χ0v) is 7.18. The van der Waals surface area contributed by atoms with Crippen molar-refractivity contribution in [2.45, 2.75) is 19.8 Å². The van der Waals surface area contributed by atoms with Crippen LogP contribution >= 0.6 is 0 Å². The second-order valence-electron chi connectivity index (χ2n) is 0.854. The summed E-state index contributed by atoms with van der Waals surface area (Å²) in [6.45, 7) is 5.72. The van der Waals surface area contributed by atoms with Gasteiger partial charge in [-0.25, -0.2) is 0 Å². The van der Waals surface area contributed by atoms with Gasteiger partial charge in [-0.1, -0.05) is 13.3 Å². The molecule has 1 heteroatoms. The first-order chi connectivity index (χ1) is 1.91. The van der Waals surface area contributed by atoms with E-state index in [0.717, 1.165) is 6.42 Å². The molecule has 0 spiro atoms. The van der Waals surface area contributed by atoms with Crippen LogP contribution in [0.4, 0.5) is 0 Å². The van der Waals surface area contributed by atoms with Gasteiger partial charge in [-0.05, 0) is 0 Å². The van der Waals surface area contributed by atoms with Crippen molar-refractivity contribution in [3.63, 3.8) is 0 Å². The van der Waals surface area contributed by atoms with Crippen molar-refractivity contribution in [1.29, 1.82) is 0 Å². The van der Waals surface area contributed by atoms with Gasteiger partial charge >= 0.3 is 21.7 Å². The van der Waals surface area contributed by atoms with Crippen molar-refractivity contribution in [2.75, 3.05) is 0 Å². The Bertz CT molecular complexity index is 6.14. The maximum atomic E-state index is 3.60. The molecular formula is C6H15Ti. The Morgan fingerprint density at radius 2 is 1.43 bits per heavy atom. The van der Waals surface area contributed by atoms with E-state index in [1.54, 1.807) is 0 Å². The minimum Gasteiger partial charge on any atom is -0.358 e. The Hall–Kier alpha value is 0.714. The Kier molecular flexibility index (Phi) is 107. The summed E-state index contributed by atoms with van der Waals surface area (Å²) in [5, 5.41) is 0. The van der Waals surface area contributed by atoms with Crippen LogP contribution in [0.25, 0.3) is 0 Å². The molecule has 0 aliphatic rings. The Labute approximate surface area is 63.6 Å². The molecule has 0 aromatic carbocycles. The summed E-state index contributed by atoms with van der Waals surface area (Å²) in [7, 11) is 0. The average Bonchev–Trinajstić information content (AvgIpc) is 1.37. The second kappa shape index (κ2) is 29.8. The number of hydrogen-bond donors (Lipinski definition) is 0. The van der Waals surface area contributed by atoms with E-state index in [9.17, 15) is 0 Å². The third-order valence-corrected chi connectivity index (χ3v) is 0.354. The minimum absolute atomic E-state index is 0. The molecule has 0 atom stereocenters. The summed E-state index contributed by atoms with van der Waals surface area (Å²) < 4.78 is 0. The van der Waals surface area contributed by atoms with E-state index in [4.69, 9.17) is 0 Å². The van der Waals surface area contributed by atoms with Crippen molar-refractivity contribution in [3.05, 3.63) is 21.8 Å². The van der Waals surface area contributed by atoms with Crippen molar-refractivity contribution in [1.82, 2.24) is 0 Å². The number of unbranched alkanes of at least 4 members (excludes halogenated alkanes) is 1. The van der Waals surface area contributed by atoms with Gasteiger partial charge in [0.1, 0.15) is 0 Å². The fourth-order valence-corrected chi connectivity index (χ4v) is 0. The van der Waals surface area contributed by atoms with Gasteiger partial charge in [-0.2, -0.15) is 6.42 Å². The van der Waals surface area contributed by atoms with Gasteiger partial charge in [0, 0.05) is 0 Å². The zero-order chi connectivity index (χ0) is 3.41. The molecule has 0 N–H and O–H groups in total. The summed E-state index contributed by atoms with van der Waals surface area (Å²) in [5.41, 5.74) is 0. The molecule has 0 aromatic rings. The first kappa shape index (κ1) is 25.2. The van der Waals surface area contributed by atoms with E-state index in [2.05, 4.69) is 13.8 Å². The maximum absolute atomic E-state index is 3.60. The van der Waals surface area contributed by atoms with Gasteiger partial charge in [0.25, 0.3) is 0 Å². The molecule has 7 heavy (non-hydrogen) atoms. The molecule has 0 bridgehead atoms. The van der Waals surface area contributed by atoms with E-state index in [1.807, 2.05) is 0 Å². The molecular weight excluding hydrogens is 120 g/mol. The molecule has 0 aromatic heterocycles. The predicted octanol–water partition coefficient (Wildman–Crippen LogP) is 2.52. The van der Waals surface area contributed by atoms with Gasteiger partial charge in [-0.15, -0.1) is 0 Å². The average molecular weight is 135 g/mol. The van der Waals surface area contributed by atoms with Crippen LogP contribution in [0.5, 0.6) is 0 Å². The van der Waals surface area contributed by atoms with Crippen LogP contribution in [-0.4, -0.2) is 0 Å². The standard InChI is InChI=1S/C4H9.2CH3.Ti/c1-3-4-2;;;/h1,3-4H2,2H3;2*1H3;/q3*-1;+3. The topological polar surface area (TPSA) is 0 Å². The number of hydrogen-bond acceptors (Lipinski definition) is 0.